The van der Waals surface area contributed by atoms with Crippen LogP contribution in [0.1, 0.15) is 44.1 Å². The summed E-state index contributed by atoms with van der Waals surface area (Å²) in [5, 5.41) is 12.2. The zero-order valence-electron chi connectivity index (χ0n) is 11.7. The van der Waals surface area contributed by atoms with Crippen LogP contribution in [0.4, 0.5) is 4.39 Å². The van der Waals surface area contributed by atoms with Gasteiger partial charge in [-0.05, 0) is 30.5 Å². The number of carbonyl (C=O) groups is 2. The second-order valence-electron chi connectivity index (χ2n) is 4.65. The van der Waals surface area contributed by atoms with Crippen LogP contribution in [0.25, 0.3) is 0 Å². The van der Waals surface area contributed by atoms with E-state index in [-0.39, 0.29) is 18.1 Å². The molecule has 21 heavy (non-hydrogen) atoms. The number of carboxylic acids is 1. The molecule has 0 saturated heterocycles. The van der Waals surface area contributed by atoms with E-state index in [1.807, 2.05) is 0 Å². The lowest BCUT2D eigenvalue weighted by Crippen LogP contribution is -2.16. The van der Waals surface area contributed by atoms with Crippen molar-refractivity contribution in [3.8, 4) is 0 Å². The van der Waals surface area contributed by atoms with E-state index in [1.54, 1.807) is 12.1 Å². The van der Waals surface area contributed by atoms with Gasteiger partial charge >= 0.3 is 5.97 Å². The summed E-state index contributed by atoms with van der Waals surface area (Å²) < 4.78 is 12.7. The fraction of sp³-hybridized carbons (Fsp3) is 0.400. The van der Waals surface area contributed by atoms with Crippen molar-refractivity contribution in [2.75, 3.05) is 0 Å². The van der Waals surface area contributed by atoms with Gasteiger partial charge in [0.05, 0.1) is 6.21 Å². The highest BCUT2D eigenvalue weighted by Crippen LogP contribution is 2.05. The quantitative estimate of drug-likeness (QED) is 0.417. The summed E-state index contributed by atoms with van der Waals surface area (Å²) in [5.74, 6) is -1.30. The third-order valence-electron chi connectivity index (χ3n) is 2.82. The predicted molar refractivity (Wildman–Crippen MR) is 77.5 cm³/mol. The van der Waals surface area contributed by atoms with Crippen LogP contribution in [0.3, 0.4) is 0 Å². The van der Waals surface area contributed by atoms with Gasteiger partial charge < -0.3 is 5.11 Å². The van der Waals surface area contributed by atoms with Crippen LogP contribution in [0, 0.1) is 5.82 Å². The van der Waals surface area contributed by atoms with Crippen molar-refractivity contribution in [1.29, 1.82) is 0 Å². The third-order valence-corrected chi connectivity index (χ3v) is 2.82. The number of unbranched alkanes of at least 4 members (excludes halogenated alkanes) is 3. The van der Waals surface area contributed by atoms with Gasteiger partial charge in [-0.15, -0.1) is 0 Å². The van der Waals surface area contributed by atoms with Gasteiger partial charge in [-0.1, -0.05) is 25.0 Å². The molecule has 0 unspecified atom stereocenters. The van der Waals surface area contributed by atoms with Gasteiger partial charge in [0, 0.05) is 12.8 Å². The van der Waals surface area contributed by atoms with Crippen LogP contribution in [0.5, 0.6) is 0 Å². The van der Waals surface area contributed by atoms with Crippen LogP contribution < -0.4 is 5.43 Å². The average Bonchev–Trinajstić information content (AvgIpc) is 2.44. The Morgan fingerprint density at radius 1 is 1.10 bits per heavy atom. The molecule has 1 amide bonds. The number of aliphatic carboxylic acids is 1. The molecule has 5 nitrogen and oxygen atoms in total. The minimum Gasteiger partial charge on any atom is -0.481 e. The Bertz CT molecular complexity index is 486. The van der Waals surface area contributed by atoms with Crippen molar-refractivity contribution in [3.05, 3.63) is 35.6 Å². The number of nitrogens with zero attached hydrogens (tertiary/aromatic N) is 1. The standard InChI is InChI=1S/C15H19FN2O3/c16-13-9-7-12(8-10-13)11-17-18-14(19)5-3-1-2-4-6-15(20)21/h7-11H,1-6H2,(H,18,19)(H,20,21)/b17-11+. The highest BCUT2D eigenvalue weighted by Gasteiger charge is 2.00. The van der Waals surface area contributed by atoms with Crippen molar-refractivity contribution < 1.29 is 19.1 Å². The maximum Gasteiger partial charge on any atom is 0.303 e. The second kappa shape index (κ2) is 9.63. The Morgan fingerprint density at radius 3 is 2.33 bits per heavy atom. The number of amides is 1. The van der Waals surface area contributed by atoms with E-state index in [0.717, 1.165) is 12.8 Å². The molecule has 0 atom stereocenters. The van der Waals surface area contributed by atoms with Crippen molar-refractivity contribution in [2.24, 2.45) is 5.10 Å². The summed E-state index contributed by atoms with van der Waals surface area (Å²) >= 11 is 0. The Balaban J connectivity index is 2.11. The number of rotatable bonds is 9. The van der Waals surface area contributed by atoms with E-state index < -0.39 is 5.97 Å². The molecular formula is C15H19FN2O3. The Hall–Kier alpha value is -2.24. The smallest absolute Gasteiger partial charge is 0.303 e. The molecule has 1 aromatic rings. The summed E-state index contributed by atoms with van der Waals surface area (Å²) in [4.78, 5) is 21.7. The monoisotopic (exact) mass is 294 g/mol. The first kappa shape index (κ1) is 16.8. The van der Waals surface area contributed by atoms with Crippen molar-refractivity contribution in [2.45, 2.75) is 38.5 Å². The number of carboxylic acid groups (broad SMARTS) is 1. The summed E-state index contributed by atoms with van der Waals surface area (Å²) in [6.45, 7) is 0. The summed E-state index contributed by atoms with van der Waals surface area (Å²) in [5.41, 5.74) is 3.10. The first-order valence-electron chi connectivity index (χ1n) is 6.87. The molecule has 0 spiro atoms. The number of benzene rings is 1. The zero-order chi connectivity index (χ0) is 15.5. The molecule has 1 rings (SSSR count). The fourth-order valence-corrected chi connectivity index (χ4v) is 1.70. The van der Waals surface area contributed by atoms with Gasteiger partial charge in [-0.3, -0.25) is 9.59 Å². The van der Waals surface area contributed by atoms with Crippen LogP contribution in [-0.2, 0) is 9.59 Å². The van der Waals surface area contributed by atoms with Gasteiger partial charge in [-0.2, -0.15) is 5.10 Å². The number of hydrogen-bond acceptors (Lipinski definition) is 3. The van der Waals surface area contributed by atoms with Gasteiger partial charge in [0.2, 0.25) is 5.91 Å². The molecule has 2 N–H and O–H groups in total. The Morgan fingerprint density at radius 2 is 1.71 bits per heavy atom. The van der Waals surface area contributed by atoms with Gasteiger partial charge in [0.15, 0.2) is 0 Å². The first-order valence-corrected chi connectivity index (χ1v) is 6.87. The summed E-state index contributed by atoms with van der Waals surface area (Å²) in [7, 11) is 0. The molecular weight excluding hydrogens is 275 g/mol. The molecule has 0 aliphatic carbocycles. The molecule has 0 aliphatic heterocycles. The first-order chi connectivity index (χ1) is 10.1. The number of carbonyl (C=O) groups excluding carboxylic acids is 1. The average molecular weight is 294 g/mol. The van der Waals surface area contributed by atoms with Crippen molar-refractivity contribution in [1.82, 2.24) is 5.43 Å². The molecule has 6 heteroatoms. The Labute approximate surface area is 122 Å². The number of hydrogen-bond donors (Lipinski definition) is 2. The minimum atomic E-state index is -0.789. The summed E-state index contributed by atoms with van der Waals surface area (Å²) in [6.07, 6.45) is 4.95. The lowest BCUT2D eigenvalue weighted by molar-refractivity contribution is -0.137. The topological polar surface area (TPSA) is 78.8 Å². The minimum absolute atomic E-state index is 0.175. The number of nitrogens with one attached hydrogen (secondary N) is 1. The van der Waals surface area contributed by atoms with E-state index >= 15 is 0 Å². The zero-order valence-corrected chi connectivity index (χ0v) is 11.7. The predicted octanol–water partition coefficient (Wildman–Crippen LogP) is 2.70. The lowest BCUT2D eigenvalue weighted by atomic mass is 10.1. The molecule has 0 aromatic heterocycles. The second-order valence-corrected chi connectivity index (χ2v) is 4.65. The fourth-order valence-electron chi connectivity index (χ4n) is 1.70. The summed E-state index contributed by atoms with van der Waals surface area (Å²) in [6, 6.07) is 5.77. The van der Waals surface area contributed by atoms with Crippen molar-refractivity contribution >= 4 is 18.1 Å². The molecule has 114 valence electrons. The molecule has 0 bridgehead atoms. The number of hydrazone groups is 1. The molecule has 0 fully saturated rings. The van der Waals surface area contributed by atoms with Crippen LogP contribution >= 0.6 is 0 Å². The highest BCUT2D eigenvalue weighted by atomic mass is 19.1. The molecule has 0 aliphatic rings. The van der Waals surface area contributed by atoms with E-state index in [4.69, 9.17) is 5.11 Å². The maximum absolute atomic E-state index is 12.7. The van der Waals surface area contributed by atoms with Gasteiger partial charge in [0.25, 0.3) is 0 Å². The highest BCUT2D eigenvalue weighted by molar-refractivity contribution is 5.82. The number of halogens is 1. The van der Waals surface area contributed by atoms with E-state index in [1.165, 1.54) is 18.3 Å². The van der Waals surface area contributed by atoms with Gasteiger partial charge in [-0.25, -0.2) is 9.82 Å². The van der Waals surface area contributed by atoms with E-state index in [2.05, 4.69) is 10.5 Å². The molecule has 1 aromatic carbocycles. The van der Waals surface area contributed by atoms with Crippen LogP contribution in [0.15, 0.2) is 29.4 Å². The normalized spacial score (nSPS) is 10.7. The van der Waals surface area contributed by atoms with E-state index in [0.29, 0.717) is 24.8 Å². The largest absolute Gasteiger partial charge is 0.481 e. The SMILES string of the molecule is O=C(O)CCCCCCC(=O)N/N=C/c1ccc(F)cc1. The van der Waals surface area contributed by atoms with Crippen LogP contribution in [-0.4, -0.2) is 23.2 Å². The Kier molecular flexibility index (Phi) is 7.71. The molecule has 0 heterocycles. The molecule has 0 saturated carbocycles. The van der Waals surface area contributed by atoms with Gasteiger partial charge in [0.1, 0.15) is 5.82 Å². The third kappa shape index (κ3) is 8.52. The van der Waals surface area contributed by atoms with Crippen molar-refractivity contribution in [3.63, 3.8) is 0 Å². The van der Waals surface area contributed by atoms with E-state index in [9.17, 15) is 14.0 Å². The molecule has 0 radical (unpaired) electrons. The van der Waals surface area contributed by atoms with Crippen LogP contribution in [0.2, 0.25) is 0 Å². The lowest BCUT2D eigenvalue weighted by Gasteiger charge is -2.00. The maximum atomic E-state index is 12.7.